The Bertz CT molecular complexity index is 708. The lowest BCUT2D eigenvalue weighted by Gasteiger charge is -2.02. The molecule has 2 aromatic carbocycles. The second-order valence-electron chi connectivity index (χ2n) is 4.78. The van der Waals surface area contributed by atoms with Crippen molar-refractivity contribution in [1.82, 2.24) is 0 Å². The molecule has 0 fully saturated rings. The molecule has 122 valence electrons. The SMILES string of the molecule is NC(N)=N/N=C/c1ccc(-c2ccc(/C=N/N=C(N)N)cc2)cc1. The Morgan fingerprint density at radius 3 is 1.21 bits per heavy atom. The van der Waals surface area contributed by atoms with Gasteiger partial charge in [-0.25, -0.2) is 0 Å². The molecule has 0 radical (unpaired) electrons. The standard InChI is InChI=1S/C16H18N8/c17-15(18)23-21-9-11-1-5-13(6-2-11)14-7-3-12(4-8-14)10-22-24-16(19)20/h1-10H,(H4,17,18,23)(H4,19,20,24)/b21-9+,22-10+. The first kappa shape index (κ1) is 16.7. The summed E-state index contributed by atoms with van der Waals surface area (Å²) in [4.78, 5) is 0. The van der Waals surface area contributed by atoms with Crippen LogP contribution in [0.4, 0.5) is 0 Å². The summed E-state index contributed by atoms with van der Waals surface area (Å²) in [5, 5.41) is 14.6. The Labute approximate surface area is 139 Å². The molecular weight excluding hydrogens is 304 g/mol. The van der Waals surface area contributed by atoms with E-state index in [2.05, 4.69) is 20.4 Å². The summed E-state index contributed by atoms with van der Waals surface area (Å²) >= 11 is 0. The van der Waals surface area contributed by atoms with E-state index in [1.54, 1.807) is 12.4 Å². The third kappa shape index (κ3) is 5.26. The van der Waals surface area contributed by atoms with Crippen molar-refractivity contribution < 1.29 is 0 Å². The summed E-state index contributed by atoms with van der Waals surface area (Å²) in [7, 11) is 0. The van der Waals surface area contributed by atoms with Crippen LogP contribution < -0.4 is 22.9 Å². The molecule has 2 rings (SSSR count). The van der Waals surface area contributed by atoms with Gasteiger partial charge in [-0.15, -0.1) is 10.2 Å². The van der Waals surface area contributed by atoms with Gasteiger partial charge in [-0.1, -0.05) is 48.5 Å². The molecule has 8 N–H and O–H groups in total. The Morgan fingerprint density at radius 2 is 0.917 bits per heavy atom. The molecule has 0 unspecified atom stereocenters. The Hall–Kier alpha value is -3.68. The van der Waals surface area contributed by atoms with Gasteiger partial charge in [0.05, 0.1) is 12.4 Å². The van der Waals surface area contributed by atoms with Crippen LogP contribution in [0, 0.1) is 0 Å². The van der Waals surface area contributed by atoms with Crippen LogP contribution in [-0.2, 0) is 0 Å². The van der Waals surface area contributed by atoms with Gasteiger partial charge in [0, 0.05) is 0 Å². The lowest BCUT2D eigenvalue weighted by molar-refractivity contribution is 1.21. The molecule has 0 saturated heterocycles. The summed E-state index contributed by atoms with van der Waals surface area (Å²) in [5.41, 5.74) is 24.7. The average Bonchev–Trinajstić information content (AvgIpc) is 2.56. The van der Waals surface area contributed by atoms with E-state index in [-0.39, 0.29) is 11.9 Å². The molecule has 0 aliphatic rings. The maximum absolute atomic E-state index is 5.20. The zero-order chi connectivity index (χ0) is 17.4. The Morgan fingerprint density at radius 1 is 0.583 bits per heavy atom. The van der Waals surface area contributed by atoms with Crippen LogP contribution in [-0.4, -0.2) is 24.3 Å². The minimum atomic E-state index is -0.0775. The number of hydrogen-bond donors (Lipinski definition) is 4. The first-order valence-corrected chi connectivity index (χ1v) is 6.99. The fourth-order valence-corrected chi connectivity index (χ4v) is 1.85. The predicted molar refractivity (Wildman–Crippen MR) is 98.7 cm³/mol. The second-order valence-corrected chi connectivity index (χ2v) is 4.78. The van der Waals surface area contributed by atoms with Crippen LogP contribution in [0.2, 0.25) is 0 Å². The Balaban J connectivity index is 2.09. The molecule has 0 aliphatic heterocycles. The third-order valence-corrected chi connectivity index (χ3v) is 2.91. The number of nitrogens with two attached hydrogens (primary N) is 4. The van der Waals surface area contributed by atoms with Gasteiger partial charge in [0.25, 0.3) is 0 Å². The van der Waals surface area contributed by atoms with Gasteiger partial charge in [0.2, 0.25) is 11.9 Å². The van der Waals surface area contributed by atoms with Gasteiger partial charge in [-0.2, -0.15) is 10.2 Å². The van der Waals surface area contributed by atoms with Crippen molar-refractivity contribution in [1.29, 1.82) is 0 Å². The quantitative estimate of drug-likeness (QED) is 0.361. The third-order valence-electron chi connectivity index (χ3n) is 2.91. The van der Waals surface area contributed by atoms with Crippen LogP contribution in [0.15, 0.2) is 68.9 Å². The molecule has 0 amide bonds. The first-order chi connectivity index (χ1) is 11.5. The predicted octanol–water partition coefficient (Wildman–Crippen LogP) is 0.568. The van der Waals surface area contributed by atoms with Crippen molar-refractivity contribution in [2.45, 2.75) is 0 Å². The van der Waals surface area contributed by atoms with Gasteiger partial charge >= 0.3 is 0 Å². The Kier molecular flexibility index (Phi) is 5.62. The van der Waals surface area contributed by atoms with E-state index in [1.807, 2.05) is 48.5 Å². The zero-order valence-electron chi connectivity index (χ0n) is 12.9. The van der Waals surface area contributed by atoms with Gasteiger partial charge in [0.15, 0.2) is 0 Å². The summed E-state index contributed by atoms with van der Waals surface area (Å²) < 4.78 is 0. The van der Waals surface area contributed by atoms with E-state index < -0.39 is 0 Å². The summed E-state index contributed by atoms with van der Waals surface area (Å²) in [5.74, 6) is -0.155. The minimum Gasteiger partial charge on any atom is -0.369 e. The largest absolute Gasteiger partial charge is 0.369 e. The summed E-state index contributed by atoms with van der Waals surface area (Å²) in [6, 6.07) is 15.6. The fourth-order valence-electron chi connectivity index (χ4n) is 1.85. The van der Waals surface area contributed by atoms with Gasteiger partial charge in [0.1, 0.15) is 0 Å². The molecule has 8 nitrogen and oxygen atoms in total. The molecule has 0 bridgehead atoms. The van der Waals surface area contributed by atoms with E-state index in [9.17, 15) is 0 Å². The van der Waals surface area contributed by atoms with Crippen molar-refractivity contribution in [3.63, 3.8) is 0 Å². The molecule has 0 aromatic heterocycles. The van der Waals surface area contributed by atoms with Crippen molar-refractivity contribution in [2.75, 3.05) is 0 Å². The van der Waals surface area contributed by atoms with E-state index in [1.165, 1.54) is 0 Å². The van der Waals surface area contributed by atoms with E-state index in [0.717, 1.165) is 22.3 Å². The molecule has 0 saturated carbocycles. The molecule has 8 heteroatoms. The van der Waals surface area contributed by atoms with Crippen LogP contribution in [0.3, 0.4) is 0 Å². The average molecular weight is 322 g/mol. The molecule has 0 heterocycles. The first-order valence-electron chi connectivity index (χ1n) is 6.99. The molecule has 2 aromatic rings. The van der Waals surface area contributed by atoms with E-state index in [0.29, 0.717) is 0 Å². The fraction of sp³-hybridized carbons (Fsp3) is 0. The van der Waals surface area contributed by atoms with Crippen molar-refractivity contribution in [3.8, 4) is 11.1 Å². The normalized spacial score (nSPS) is 10.8. The molecule has 0 spiro atoms. The van der Waals surface area contributed by atoms with Crippen molar-refractivity contribution in [2.24, 2.45) is 43.3 Å². The highest BCUT2D eigenvalue weighted by Crippen LogP contribution is 2.19. The topological polar surface area (TPSA) is 154 Å². The van der Waals surface area contributed by atoms with E-state index in [4.69, 9.17) is 22.9 Å². The highest BCUT2D eigenvalue weighted by Gasteiger charge is 1.98. The van der Waals surface area contributed by atoms with Crippen molar-refractivity contribution >= 4 is 24.3 Å². The second kappa shape index (κ2) is 8.08. The monoisotopic (exact) mass is 322 g/mol. The molecular formula is C16H18N8. The number of guanidine groups is 2. The van der Waals surface area contributed by atoms with Gasteiger partial charge in [-0.05, 0) is 22.3 Å². The lowest BCUT2D eigenvalue weighted by atomic mass is 10.0. The van der Waals surface area contributed by atoms with Gasteiger partial charge in [-0.3, -0.25) is 0 Å². The summed E-state index contributed by atoms with van der Waals surface area (Å²) in [6.07, 6.45) is 3.15. The smallest absolute Gasteiger partial charge is 0.211 e. The van der Waals surface area contributed by atoms with Crippen LogP contribution in [0.1, 0.15) is 11.1 Å². The number of hydrogen-bond acceptors (Lipinski definition) is 4. The minimum absolute atomic E-state index is 0.0775. The van der Waals surface area contributed by atoms with E-state index >= 15 is 0 Å². The highest BCUT2D eigenvalue weighted by atomic mass is 15.3. The highest BCUT2D eigenvalue weighted by molar-refractivity contribution is 5.84. The zero-order valence-corrected chi connectivity index (χ0v) is 12.9. The number of rotatable bonds is 5. The number of nitrogens with zero attached hydrogens (tertiary/aromatic N) is 4. The van der Waals surface area contributed by atoms with Crippen LogP contribution in [0.5, 0.6) is 0 Å². The maximum Gasteiger partial charge on any atom is 0.211 e. The number of benzene rings is 2. The molecule has 0 atom stereocenters. The molecule has 0 aliphatic carbocycles. The summed E-state index contributed by atoms with van der Waals surface area (Å²) in [6.45, 7) is 0. The van der Waals surface area contributed by atoms with Crippen LogP contribution in [0.25, 0.3) is 11.1 Å². The lowest BCUT2D eigenvalue weighted by Crippen LogP contribution is -2.21. The maximum atomic E-state index is 5.20. The molecule has 24 heavy (non-hydrogen) atoms. The van der Waals surface area contributed by atoms with Crippen molar-refractivity contribution in [3.05, 3.63) is 59.7 Å². The van der Waals surface area contributed by atoms with Crippen LogP contribution >= 0.6 is 0 Å². The van der Waals surface area contributed by atoms with Gasteiger partial charge < -0.3 is 22.9 Å².